The minimum atomic E-state index is 0.178. The summed E-state index contributed by atoms with van der Waals surface area (Å²) in [5.41, 5.74) is 2.05. The fourth-order valence-corrected chi connectivity index (χ4v) is 4.89. The van der Waals surface area contributed by atoms with Crippen molar-refractivity contribution >= 4 is 48.5 Å². The normalized spacial score (nSPS) is 14.5. The number of ether oxygens (including phenoxy) is 1. The summed E-state index contributed by atoms with van der Waals surface area (Å²) in [6.45, 7) is 5.70. The number of benzene rings is 2. The van der Waals surface area contributed by atoms with Crippen molar-refractivity contribution in [3.05, 3.63) is 52.5 Å². The third-order valence-electron chi connectivity index (χ3n) is 4.83. The number of piperazine rings is 1. The van der Waals surface area contributed by atoms with Gasteiger partial charge in [-0.2, -0.15) is 0 Å². The largest absolute Gasteiger partial charge is 0.494 e. The lowest BCUT2D eigenvalue weighted by atomic mass is 10.1. The van der Waals surface area contributed by atoms with E-state index in [1.165, 1.54) is 4.70 Å². The molecule has 1 amide bonds. The molecule has 1 saturated heterocycles. The number of thiazole rings is 1. The van der Waals surface area contributed by atoms with E-state index in [2.05, 4.69) is 26.9 Å². The third-order valence-corrected chi connectivity index (χ3v) is 6.40. The number of rotatable bonds is 5. The highest BCUT2D eigenvalue weighted by atomic mass is 79.9. The Morgan fingerprint density at radius 2 is 1.89 bits per heavy atom. The highest BCUT2D eigenvalue weighted by Crippen LogP contribution is 2.31. The van der Waals surface area contributed by atoms with Crippen LogP contribution in [0.15, 0.2) is 46.9 Å². The van der Waals surface area contributed by atoms with Gasteiger partial charge in [-0.15, -0.1) is 0 Å². The second kappa shape index (κ2) is 8.49. The number of halogens is 1. The van der Waals surface area contributed by atoms with Crippen molar-refractivity contribution in [3.8, 4) is 5.75 Å². The summed E-state index contributed by atoms with van der Waals surface area (Å²) in [7, 11) is 0. The number of anilines is 1. The molecule has 1 aliphatic rings. The number of amides is 1. The summed E-state index contributed by atoms with van der Waals surface area (Å²) in [6, 6.07) is 14.0. The van der Waals surface area contributed by atoms with E-state index in [9.17, 15) is 4.79 Å². The second-order valence-corrected chi connectivity index (χ2v) is 8.65. The van der Waals surface area contributed by atoms with E-state index in [4.69, 9.17) is 9.72 Å². The molecule has 4 rings (SSSR count). The van der Waals surface area contributed by atoms with Crippen molar-refractivity contribution in [1.82, 2.24) is 9.88 Å². The lowest BCUT2D eigenvalue weighted by Gasteiger charge is -2.34. The standard InChI is InChI=1S/C21H22BrN3O2S/c1-2-27-17-6-3-15(4-7-17)13-20(26)24-9-11-25(12-10-24)21-23-18-8-5-16(22)14-19(18)28-21/h3-8,14H,2,9-13H2,1H3. The fourth-order valence-electron chi connectivity index (χ4n) is 3.33. The summed E-state index contributed by atoms with van der Waals surface area (Å²) in [5, 5.41) is 1.03. The third kappa shape index (κ3) is 4.31. The molecule has 0 spiro atoms. The Labute approximate surface area is 177 Å². The quantitative estimate of drug-likeness (QED) is 0.568. The Hall–Kier alpha value is -2.12. The molecular formula is C21H22BrN3O2S. The van der Waals surface area contributed by atoms with Crippen molar-refractivity contribution in [2.24, 2.45) is 0 Å². The average Bonchev–Trinajstić information content (AvgIpc) is 3.13. The number of fused-ring (bicyclic) bond motifs is 1. The van der Waals surface area contributed by atoms with Gasteiger partial charge in [0, 0.05) is 30.7 Å². The zero-order valence-corrected chi connectivity index (χ0v) is 18.1. The molecule has 5 nitrogen and oxygen atoms in total. The maximum atomic E-state index is 12.7. The van der Waals surface area contributed by atoms with Gasteiger partial charge in [-0.3, -0.25) is 4.79 Å². The van der Waals surface area contributed by atoms with Gasteiger partial charge in [-0.05, 0) is 42.8 Å². The number of carbonyl (C=O) groups is 1. The summed E-state index contributed by atoms with van der Waals surface area (Å²) in [6.07, 6.45) is 0.432. The molecule has 3 aromatic rings. The van der Waals surface area contributed by atoms with Crippen LogP contribution in [0.2, 0.25) is 0 Å². The molecule has 0 bridgehead atoms. The van der Waals surface area contributed by atoms with Crippen LogP contribution in [0.25, 0.3) is 10.2 Å². The molecule has 2 aromatic carbocycles. The lowest BCUT2D eigenvalue weighted by molar-refractivity contribution is -0.130. The van der Waals surface area contributed by atoms with E-state index in [-0.39, 0.29) is 5.91 Å². The molecule has 1 aromatic heterocycles. The van der Waals surface area contributed by atoms with Crippen LogP contribution in [-0.4, -0.2) is 48.6 Å². The van der Waals surface area contributed by atoms with Gasteiger partial charge >= 0.3 is 0 Å². The smallest absolute Gasteiger partial charge is 0.227 e. The molecule has 28 heavy (non-hydrogen) atoms. The van der Waals surface area contributed by atoms with Crippen molar-refractivity contribution < 1.29 is 9.53 Å². The predicted octanol–water partition coefficient (Wildman–Crippen LogP) is 4.35. The number of hydrogen-bond acceptors (Lipinski definition) is 5. The van der Waals surface area contributed by atoms with Gasteiger partial charge in [0.15, 0.2) is 5.13 Å². The van der Waals surface area contributed by atoms with Crippen LogP contribution in [0.5, 0.6) is 5.75 Å². The molecule has 0 radical (unpaired) electrons. The van der Waals surface area contributed by atoms with Crippen molar-refractivity contribution in [3.63, 3.8) is 0 Å². The second-order valence-electron chi connectivity index (χ2n) is 6.73. The number of carbonyl (C=O) groups excluding carboxylic acids is 1. The molecule has 1 fully saturated rings. The molecule has 1 aliphatic heterocycles. The van der Waals surface area contributed by atoms with Crippen LogP contribution in [0.1, 0.15) is 12.5 Å². The van der Waals surface area contributed by atoms with Crippen LogP contribution in [-0.2, 0) is 11.2 Å². The first-order chi connectivity index (χ1) is 13.6. The summed E-state index contributed by atoms with van der Waals surface area (Å²) < 4.78 is 7.70. The van der Waals surface area contributed by atoms with Gasteiger partial charge in [0.05, 0.1) is 23.2 Å². The summed E-state index contributed by atoms with van der Waals surface area (Å²) in [5.74, 6) is 1.02. The molecule has 0 unspecified atom stereocenters. The van der Waals surface area contributed by atoms with Crippen LogP contribution in [0.3, 0.4) is 0 Å². The molecule has 0 saturated carbocycles. The van der Waals surface area contributed by atoms with Crippen LogP contribution >= 0.6 is 27.3 Å². The van der Waals surface area contributed by atoms with E-state index in [1.54, 1.807) is 11.3 Å². The van der Waals surface area contributed by atoms with Gasteiger partial charge in [0.1, 0.15) is 5.75 Å². The SMILES string of the molecule is CCOc1ccc(CC(=O)N2CCN(c3nc4ccc(Br)cc4s3)CC2)cc1. The highest BCUT2D eigenvalue weighted by Gasteiger charge is 2.23. The van der Waals surface area contributed by atoms with E-state index in [0.717, 1.165) is 52.6 Å². The maximum absolute atomic E-state index is 12.7. The number of nitrogens with zero attached hydrogens (tertiary/aromatic N) is 3. The Bertz CT molecular complexity index is 965. The van der Waals surface area contributed by atoms with Crippen LogP contribution < -0.4 is 9.64 Å². The lowest BCUT2D eigenvalue weighted by Crippen LogP contribution is -2.49. The van der Waals surface area contributed by atoms with E-state index >= 15 is 0 Å². The molecule has 146 valence electrons. The number of hydrogen-bond donors (Lipinski definition) is 0. The predicted molar refractivity (Wildman–Crippen MR) is 117 cm³/mol. The van der Waals surface area contributed by atoms with Crippen molar-refractivity contribution in [1.29, 1.82) is 0 Å². The minimum absolute atomic E-state index is 0.178. The van der Waals surface area contributed by atoms with Crippen LogP contribution in [0, 0.1) is 0 Å². The van der Waals surface area contributed by atoms with Gasteiger partial charge in [-0.1, -0.05) is 39.4 Å². The fraction of sp³-hybridized carbons (Fsp3) is 0.333. The highest BCUT2D eigenvalue weighted by molar-refractivity contribution is 9.10. The van der Waals surface area contributed by atoms with E-state index in [0.29, 0.717) is 13.0 Å². The van der Waals surface area contributed by atoms with Gasteiger partial charge in [0.2, 0.25) is 5.91 Å². The first kappa shape index (κ1) is 19.2. The Morgan fingerprint density at radius 1 is 1.14 bits per heavy atom. The first-order valence-corrected chi connectivity index (χ1v) is 11.0. The average molecular weight is 460 g/mol. The maximum Gasteiger partial charge on any atom is 0.227 e. The van der Waals surface area contributed by atoms with E-state index < -0.39 is 0 Å². The monoisotopic (exact) mass is 459 g/mol. The molecule has 0 atom stereocenters. The Kier molecular flexibility index (Phi) is 5.82. The Balaban J connectivity index is 1.34. The summed E-state index contributed by atoms with van der Waals surface area (Å²) >= 11 is 5.22. The molecule has 2 heterocycles. The molecule has 0 aliphatic carbocycles. The van der Waals surface area contributed by atoms with Gasteiger partial charge < -0.3 is 14.5 Å². The Morgan fingerprint density at radius 3 is 2.61 bits per heavy atom. The number of aromatic nitrogens is 1. The van der Waals surface area contributed by atoms with Crippen LogP contribution in [0.4, 0.5) is 5.13 Å². The van der Waals surface area contributed by atoms with Gasteiger partial charge in [0.25, 0.3) is 0 Å². The van der Waals surface area contributed by atoms with Crippen molar-refractivity contribution in [2.45, 2.75) is 13.3 Å². The summed E-state index contributed by atoms with van der Waals surface area (Å²) in [4.78, 5) is 21.6. The minimum Gasteiger partial charge on any atom is -0.494 e. The zero-order chi connectivity index (χ0) is 19.5. The molecule has 7 heteroatoms. The van der Waals surface area contributed by atoms with Gasteiger partial charge in [-0.25, -0.2) is 4.98 Å². The molecular weight excluding hydrogens is 438 g/mol. The molecule has 0 N–H and O–H groups in total. The topological polar surface area (TPSA) is 45.7 Å². The first-order valence-electron chi connectivity index (χ1n) is 9.43. The zero-order valence-electron chi connectivity index (χ0n) is 15.7. The van der Waals surface area contributed by atoms with Crippen molar-refractivity contribution in [2.75, 3.05) is 37.7 Å². The van der Waals surface area contributed by atoms with E-state index in [1.807, 2.05) is 48.2 Å².